The van der Waals surface area contributed by atoms with Crippen molar-refractivity contribution < 1.29 is 0 Å². The van der Waals surface area contributed by atoms with Crippen LogP contribution in [0.15, 0.2) is 163 Å². The summed E-state index contributed by atoms with van der Waals surface area (Å²) >= 11 is 18.3. The number of rotatable bonds is 17. The monoisotopic (exact) mass is 1410 g/mol. The van der Waals surface area contributed by atoms with Gasteiger partial charge in [0.2, 0.25) is 0 Å². The summed E-state index contributed by atoms with van der Waals surface area (Å²) in [4.78, 5) is 0. The molecule has 0 saturated heterocycles. The van der Waals surface area contributed by atoms with Crippen LogP contribution in [-0.2, 0) is 19.5 Å². The molecular formula is C75H83Br5N2. The predicted molar refractivity (Wildman–Crippen MR) is 380 cm³/mol. The number of unbranched alkanes of at least 4 members (excludes halogenated alkanes) is 3. The lowest BCUT2D eigenvalue weighted by atomic mass is 9.98. The Labute approximate surface area is 531 Å². The molecule has 2 aromatic heterocycles. The number of fused-ring (bicyclic) bond motifs is 15. The lowest BCUT2D eigenvalue weighted by molar-refractivity contribution is 0.401. The van der Waals surface area contributed by atoms with Crippen LogP contribution in [0.3, 0.4) is 0 Å². The van der Waals surface area contributed by atoms with Crippen molar-refractivity contribution in [3.05, 3.63) is 186 Å². The predicted octanol–water partition coefficient (Wildman–Crippen LogP) is 26.0. The van der Waals surface area contributed by atoms with Gasteiger partial charge in [-0.05, 0) is 172 Å². The molecule has 3 atom stereocenters. The van der Waals surface area contributed by atoms with E-state index in [-0.39, 0.29) is 0 Å². The second-order valence-corrected chi connectivity index (χ2v) is 27.3. The molecule has 0 aliphatic heterocycles. The molecule has 82 heavy (non-hydrogen) atoms. The lowest BCUT2D eigenvalue weighted by Gasteiger charge is -2.18. The maximum atomic E-state index is 3.83. The molecule has 7 heteroatoms. The van der Waals surface area contributed by atoms with Gasteiger partial charge in [-0.1, -0.05) is 276 Å². The van der Waals surface area contributed by atoms with Crippen molar-refractivity contribution in [3.63, 3.8) is 0 Å². The number of hydrogen-bond donors (Lipinski definition) is 0. The molecule has 428 valence electrons. The fourth-order valence-corrected chi connectivity index (χ4v) is 15.5. The Hall–Kier alpha value is -4.24. The molecule has 0 fully saturated rings. The van der Waals surface area contributed by atoms with Gasteiger partial charge < -0.3 is 9.13 Å². The summed E-state index contributed by atoms with van der Waals surface area (Å²) in [6, 6.07) is 53.5. The Bertz CT molecular complexity index is 3790. The van der Waals surface area contributed by atoms with Crippen LogP contribution >= 0.6 is 79.6 Å². The number of aromatic nitrogens is 2. The summed E-state index contributed by atoms with van der Waals surface area (Å²) in [5.74, 6) is 2.38. The minimum Gasteiger partial charge on any atom is -0.340 e. The van der Waals surface area contributed by atoms with Gasteiger partial charge in [-0.2, -0.15) is 0 Å². The number of nitrogens with zero attached hydrogens (tertiary/aromatic N) is 2. The molecule has 0 saturated carbocycles. The van der Waals surface area contributed by atoms with Crippen molar-refractivity contribution in [2.24, 2.45) is 17.8 Å². The molecule has 0 amide bonds. The standard InChI is InChI=1S/C26H31N.C24H25Br2N.C17H10Br2.C8H17Br/c1-5-7-10-20(6-2)17-27-24-15-18(3)13-14-23(24)26-22-12-9-8-11-21(22)19(4)16-25(26)27;1-3-5-8-16(4-2)15-27-22-13-17(25)11-12-20(22)24-19-10-7-6-9-18(19)21(26)14-23(24)27;18-12-5-6-13-10(8-12)7-11-9-16(19)14-3-1-2-4-15(14)17(11)13;1-3-5-6-8(4-2)7-9/h8-9,11-16,20H,5-7,10,17H2,1-4H3;6-7,9-14,16H,3-5,8,15H2,1-2H3;1-6,8-9H,7H2;8H,3-7H2,1-2H3. The molecule has 2 nitrogen and oxygen atoms in total. The summed E-state index contributed by atoms with van der Waals surface area (Å²) in [6.45, 7) is 20.4. The molecule has 1 aliphatic carbocycles. The summed E-state index contributed by atoms with van der Waals surface area (Å²) in [7, 11) is 0. The first kappa shape index (κ1) is 62.3. The Kier molecular flexibility index (Phi) is 22.2. The van der Waals surface area contributed by atoms with E-state index in [2.05, 4.69) is 290 Å². The van der Waals surface area contributed by atoms with Gasteiger partial charge in [0.15, 0.2) is 0 Å². The number of hydrogen-bond acceptors (Lipinski definition) is 0. The van der Waals surface area contributed by atoms with E-state index in [1.807, 2.05) is 0 Å². The Morgan fingerprint density at radius 1 is 0.415 bits per heavy atom. The fraction of sp³-hybridized carbons (Fsp3) is 0.360. The number of benzene rings is 9. The van der Waals surface area contributed by atoms with E-state index >= 15 is 0 Å². The van der Waals surface area contributed by atoms with Gasteiger partial charge >= 0.3 is 0 Å². The highest BCUT2D eigenvalue weighted by Gasteiger charge is 2.23. The molecule has 12 rings (SSSR count). The molecular weight excluding hydrogens is 1330 g/mol. The molecule has 2 heterocycles. The van der Waals surface area contributed by atoms with E-state index < -0.39 is 0 Å². The average Bonchev–Trinajstić information content (AvgIpc) is 3.99. The zero-order chi connectivity index (χ0) is 58.0. The molecule has 11 aromatic rings. The lowest BCUT2D eigenvalue weighted by Crippen LogP contribution is -2.10. The SMILES string of the molecule is Brc1ccc2c(c1)Cc1cc(Br)c3ccccc3c1-2.CCCCC(CC)CBr.CCCCC(CC)Cn1c2cc(Br)ccc2c2c3ccccc3c(Br)cc21.CCCCC(CC)Cn1c2cc(C)ccc2c2c3ccccc3c(C)cc21. The zero-order valence-corrected chi connectivity index (χ0v) is 57.6. The third-order valence-electron chi connectivity index (χ3n) is 17.5. The van der Waals surface area contributed by atoms with E-state index in [0.717, 1.165) is 40.3 Å². The van der Waals surface area contributed by atoms with Crippen molar-refractivity contribution in [1.29, 1.82) is 0 Å². The maximum Gasteiger partial charge on any atom is 0.0509 e. The zero-order valence-electron chi connectivity index (χ0n) is 49.7. The molecule has 0 radical (unpaired) electrons. The van der Waals surface area contributed by atoms with Gasteiger partial charge in [0.05, 0.1) is 16.6 Å². The van der Waals surface area contributed by atoms with Gasteiger partial charge in [0, 0.05) is 63.4 Å². The minimum atomic E-state index is 0.716. The summed E-state index contributed by atoms with van der Waals surface area (Å²) < 4.78 is 9.83. The van der Waals surface area contributed by atoms with Crippen LogP contribution in [-0.4, -0.2) is 14.5 Å². The van der Waals surface area contributed by atoms with Gasteiger partial charge in [-0.15, -0.1) is 0 Å². The molecule has 0 spiro atoms. The Morgan fingerprint density at radius 3 is 1.45 bits per heavy atom. The highest BCUT2D eigenvalue weighted by atomic mass is 79.9. The van der Waals surface area contributed by atoms with Crippen molar-refractivity contribution in [2.45, 2.75) is 152 Å². The van der Waals surface area contributed by atoms with Crippen molar-refractivity contribution in [2.75, 3.05) is 5.33 Å². The smallest absolute Gasteiger partial charge is 0.0509 e. The van der Waals surface area contributed by atoms with E-state index in [9.17, 15) is 0 Å². The summed E-state index contributed by atoms with van der Waals surface area (Å²) in [5.41, 5.74) is 13.8. The van der Waals surface area contributed by atoms with Crippen LogP contribution in [0.25, 0.3) is 87.1 Å². The van der Waals surface area contributed by atoms with Crippen molar-refractivity contribution in [3.8, 4) is 11.1 Å². The van der Waals surface area contributed by atoms with Crippen LogP contribution in [0.1, 0.15) is 141 Å². The topological polar surface area (TPSA) is 9.86 Å². The molecule has 9 aromatic carbocycles. The first-order valence-corrected chi connectivity index (χ1v) is 34.9. The first-order chi connectivity index (χ1) is 39.9. The van der Waals surface area contributed by atoms with E-state index in [1.54, 1.807) is 0 Å². The number of aryl methyl sites for hydroxylation is 2. The van der Waals surface area contributed by atoms with Crippen LogP contribution in [0.4, 0.5) is 0 Å². The van der Waals surface area contributed by atoms with Crippen LogP contribution in [0.5, 0.6) is 0 Å². The van der Waals surface area contributed by atoms with E-state index in [4.69, 9.17) is 0 Å². The quantitative estimate of drug-likeness (QED) is 0.0804. The third-order valence-corrected chi connectivity index (χ3v) is 20.8. The molecule has 3 unspecified atom stereocenters. The maximum absolute atomic E-state index is 3.83. The largest absolute Gasteiger partial charge is 0.340 e. The van der Waals surface area contributed by atoms with Crippen LogP contribution in [0, 0.1) is 31.6 Å². The van der Waals surface area contributed by atoms with Crippen molar-refractivity contribution >= 4 is 156 Å². The first-order valence-electron chi connectivity index (χ1n) is 30.6. The van der Waals surface area contributed by atoms with Gasteiger partial charge in [0.1, 0.15) is 0 Å². The van der Waals surface area contributed by atoms with Gasteiger partial charge in [0.25, 0.3) is 0 Å². The molecule has 1 aliphatic rings. The third kappa shape index (κ3) is 13.7. The Morgan fingerprint density at radius 2 is 0.878 bits per heavy atom. The highest BCUT2D eigenvalue weighted by molar-refractivity contribution is 9.11. The van der Waals surface area contributed by atoms with Crippen LogP contribution in [0.2, 0.25) is 0 Å². The molecule has 0 N–H and O–H groups in total. The van der Waals surface area contributed by atoms with E-state index in [0.29, 0.717) is 5.92 Å². The fourth-order valence-electron chi connectivity index (χ4n) is 12.8. The Balaban J connectivity index is 0.000000139. The van der Waals surface area contributed by atoms with Gasteiger partial charge in [-0.25, -0.2) is 0 Å². The number of alkyl halides is 1. The van der Waals surface area contributed by atoms with E-state index in [1.165, 1.54) is 201 Å². The normalized spacial score (nSPS) is 13.0. The number of halogens is 5. The summed E-state index contributed by atoms with van der Waals surface area (Å²) in [5, 5.41) is 14.7. The average molecular weight is 1410 g/mol. The van der Waals surface area contributed by atoms with Gasteiger partial charge in [-0.3, -0.25) is 0 Å². The minimum absolute atomic E-state index is 0.716. The van der Waals surface area contributed by atoms with Crippen molar-refractivity contribution in [1.82, 2.24) is 9.13 Å². The highest BCUT2D eigenvalue weighted by Crippen LogP contribution is 2.45. The second-order valence-electron chi connectivity index (χ2n) is 23.2. The second kappa shape index (κ2) is 29.2. The van der Waals surface area contributed by atoms with Crippen LogP contribution < -0.4 is 0 Å². The molecule has 0 bridgehead atoms. The summed E-state index contributed by atoms with van der Waals surface area (Å²) in [6.07, 6.45) is 16.8.